The van der Waals surface area contributed by atoms with Crippen molar-refractivity contribution in [3.63, 3.8) is 0 Å². The summed E-state index contributed by atoms with van der Waals surface area (Å²) in [6, 6.07) is 7.59. The van der Waals surface area contributed by atoms with Crippen LogP contribution < -0.4 is 10.1 Å². The van der Waals surface area contributed by atoms with Crippen LogP contribution in [0.4, 0.5) is 0 Å². The molecular weight excluding hydrogens is 270 g/mol. The largest absolute Gasteiger partial charge is 0.497 e. The minimum absolute atomic E-state index is 0.421. The molecule has 1 aliphatic rings. The van der Waals surface area contributed by atoms with Crippen molar-refractivity contribution in [1.29, 1.82) is 0 Å². The van der Waals surface area contributed by atoms with Crippen LogP contribution in [0.5, 0.6) is 5.75 Å². The van der Waals surface area contributed by atoms with Crippen molar-refractivity contribution in [2.24, 2.45) is 0 Å². The Morgan fingerprint density at radius 3 is 2.81 bits per heavy atom. The zero-order valence-electron chi connectivity index (χ0n) is 12.3. The molecule has 0 radical (unpaired) electrons. The van der Waals surface area contributed by atoms with E-state index in [0.29, 0.717) is 23.3 Å². The van der Waals surface area contributed by atoms with Gasteiger partial charge < -0.3 is 19.9 Å². The van der Waals surface area contributed by atoms with Gasteiger partial charge in [0, 0.05) is 5.70 Å². The molecule has 21 heavy (non-hydrogen) atoms. The molecule has 2 rings (SSSR count). The van der Waals surface area contributed by atoms with E-state index in [1.807, 2.05) is 24.3 Å². The molecule has 112 valence electrons. The summed E-state index contributed by atoms with van der Waals surface area (Å²) < 4.78 is 9.93. The highest BCUT2D eigenvalue weighted by atomic mass is 16.5. The molecule has 0 aliphatic carbocycles. The number of nitrogens with one attached hydrogen (secondary N) is 1. The molecule has 0 spiro atoms. The van der Waals surface area contributed by atoms with E-state index < -0.39 is 12.2 Å². The number of carbonyl (C=O) groups is 1. The first-order chi connectivity index (χ1) is 10.0. The molecule has 1 aliphatic heterocycles. The molecule has 0 amide bonds. The Balaban J connectivity index is 2.27. The van der Waals surface area contributed by atoms with Gasteiger partial charge in [-0.05, 0) is 42.7 Å². The van der Waals surface area contributed by atoms with Gasteiger partial charge in [0.15, 0.2) is 0 Å². The molecule has 5 nitrogen and oxygen atoms in total. The van der Waals surface area contributed by atoms with Crippen LogP contribution >= 0.6 is 0 Å². The van der Waals surface area contributed by atoms with Crippen LogP contribution in [0.3, 0.4) is 0 Å². The molecule has 0 aromatic heterocycles. The van der Waals surface area contributed by atoms with Crippen LogP contribution in [0.2, 0.25) is 0 Å². The summed E-state index contributed by atoms with van der Waals surface area (Å²) in [5, 5.41) is 13.0. The number of esters is 1. The first-order valence-electron chi connectivity index (χ1n) is 6.62. The molecule has 2 N–H and O–H groups in total. The molecule has 1 heterocycles. The number of allylic oxidation sites excluding steroid dienone is 1. The normalized spacial score (nSPS) is 17.9. The van der Waals surface area contributed by atoms with Gasteiger partial charge in [0.2, 0.25) is 0 Å². The van der Waals surface area contributed by atoms with E-state index in [1.54, 1.807) is 20.1 Å². The lowest BCUT2D eigenvalue weighted by atomic mass is 9.97. The number of dihydropyridines is 1. The Kier molecular flexibility index (Phi) is 4.65. The zero-order valence-corrected chi connectivity index (χ0v) is 12.3. The molecule has 1 aromatic carbocycles. The predicted octanol–water partition coefficient (Wildman–Crippen LogP) is 1.53. The third-order valence-corrected chi connectivity index (χ3v) is 3.39. The first kappa shape index (κ1) is 15.1. The van der Waals surface area contributed by atoms with E-state index in [4.69, 9.17) is 9.47 Å². The number of aliphatic hydroxyl groups excluding tert-OH is 1. The summed E-state index contributed by atoms with van der Waals surface area (Å²) >= 11 is 0. The molecular formula is C16H19NO4. The van der Waals surface area contributed by atoms with Crippen molar-refractivity contribution in [1.82, 2.24) is 5.32 Å². The minimum atomic E-state index is -0.815. The number of ether oxygens (including phenoxy) is 2. The van der Waals surface area contributed by atoms with Gasteiger partial charge in [-0.2, -0.15) is 0 Å². The molecule has 0 saturated carbocycles. The number of methoxy groups -OCH3 is 2. The fraction of sp³-hybridized carbons (Fsp3) is 0.312. The number of aliphatic hydroxyl groups is 1. The second-order valence-corrected chi connectivity index (χ2v) is 4.82. The van der Waals surface area contributed by atoms with E-state index in [-0.39, 0.29) is 0 Å². The van der Waals surface area contributed by atoms with E-state index >= 15 is 0 Å². The summed E-state index contributed by atoms with van der Waals surface area (Å²) in [6.07, 6.45) is 1.38. The maximum absolute atomic E-state index is 11.7. The maximum atomic E-state index is 11.7. The standard InChI is InChI=1S/C16H19NO4/c1-10-14(16(19)21-3)9-12(15(18)17-10)7-11-5-4-6-13(8-11)20-2/h4-6,8-9,15,17-18H,7H2,1-3H3. The fourth-order valence-electron chi connectivity index (χ4n) is 2.24. The van der Waals surface area contributed by atoms with Gasteiger partial charge in [-0.15, -0.1) is 0 Å². The van der Waals surface area contributed by atoms with Crippen molar-refractivity contribution >= 4 is 5.97 Å². The maximum Gasteiger partial charge on any atom is 0.339 e. The van der Waals surface area contributed by atoms with Crippen molar-refractivity contribution in [2.75, 3.05) is 14.2 Å². The van der Waals surface area contributed by atoms with E-state index in [0.717, 1.165) is 11.3 Å². The second kappa shape index (κ2) is 6.45. The molecule has 1 aromatic rings. The van der Waals surface area contributed by atoms with Gasteiger partial charge in [0.1, 0.15) is 12.0 Å². The number of carbonyl (C=O) groups excluding carboxylic acids is 1. The molecule has 0 saturated heterocycles. The summed E-state index contributed by atoms with van der Waals surface area (Å²) in [4.78, 5) is 11.7. The lowest BCUT2D eigenvalue weighted by molar-refractivity contribution is -0.135. The topological polar surface area (TPSA) is 67.8 Å². The van der Waals surface area contributed by atoms with Crippen LogP contribution in [0.15, 0.2) is 47.2 Å². The molecule has 1 unspecified atom stereocenters. The highest BCUT2D eigenvalue weighted by molar-refractivity contribution is 5.92. The van der Waals surface area contributed by atoms with Crippen molar-refractivity contribution in [3.8, 4) is 5.75 Å². The summed E-state index contributed by atoms with van der Waals surface area (Å²) in [6.45, 7) is 1.73. The minimum Gasteiger partial charge on any atom is -0.497 e. The van der Waals surface area contributed by atoms with Gasteiger partial charge in [0.05, 0.1) is 19.8 Å². The van der Waals surface area contributed by atoms with Crippen LogP contribution in [0.1, 0.15) is 12.5 Å². The van der Waals surface area contributed by atoms with Crippen LogP contribution in [-0.2, 0) is 16.0 Å². The lowest BCUT2D eigenvalue weighted by Crippen LogP contribution is -2.35. The smallest absolute Gasteiger partial charge is 0.339 e. The Bertz CT molecular complexity index is 604. The molecule has 0 fully saturated rings. The van der Waals surface area contributed by atoms with Crippen LogP contribution in [-0.4, -0.2) is 31.5 Å². The average molecular weight is 289 g/mol. The van der Waals surface area contributed by atoms with Crippen molar-refractivity contribution < 1.29 is 19.4 Å². The molecule has 1 atom stereocenters. The summed E-state index contributed by atoms with van der Waals surface area (Å²) in [7, 11) is 2.94. The highest BCUT2D eigenvalue weighted by Crippen LogP contribution is 2.22. The molecule has 5 heteroatoms. The van der Waals surface area contributed by atoms with Gasteiger partial charge in [-0.3, -0.25) is 0 Å². The molecule has 0 bridgehead atoms. The van der Waals surface area contributed by atoms with Gasteiger partial charge in [-0.1, -0.05) is 12.1 Å². The van der Waals surface area contributed by atoms with Crippen molar-refractivity contribution in [2.45, 2.75) is 19.6 Å². The predicted molar refractivity (Wildman–Crippen MR) is 78.6 cm³/mol. The van der Waals surface area contributed by atoms with E-state index in [9.17, 15) is 9.90 Å². The van der Waals surface area contributed by atoms with Crippen LogP contribution in [0.25, 0.3) is 0 Å². The third kappa shape index (κ3) is 3.44. The number of benzene rings is 1. The number of hydrogen-bond acceptors (Lipinski definition) is 5. The second-order valence-electron chi connectivity index (χ2n) is 4.82. The zero-order chi connectivity index (χ0) is 15.4. The summed E-state index contributed by atoms with van der Waals surface area (Å²) in [5.41, 5.74) is 2.73. The SMILES string of the molecule is COC(=O)C1=C(C)NC(O)C(Cc2cccc(OC)c2)=C1. The number of rotatable bonds is 4. The third-order valence-electron chi connectivity index (χ3n) is 3.39. The Morgan fingerprint density at radius 1 is 1.38 bits per heavy atom. The Hall–Kier alpha value is -2.27. The van der Waals surface area contributed by atoms with E-state index in [1.165, 1.54) is 7.11 Å². The van der Waals surface area contributed by atoms with E-state index in [2.05, 4.69) is 5.32 Å². The van der Waals surface area contributed by atoms with Gasteiger partial charge in [-0.25, -0.2) is 4.79 Å². The average Bonchev–Trinajstić information content (AvgIpc) is 2.49. The first-order valence-corrected chi connectivity index (χ1v) is 6.62. The quantitative estimate of drug-likeness (QED) is 0.823. The highest BCUT2D eigenvalue weighted by Gasteiger charge is 2.22. The fourth-order valence-corrected chi connectivity index (χ4v) is 2.24. The Morgan fingerprint density at radius 2 is 2.14 bits per heavy atom. The van der Waals surface area contributed by atoms with Gasteiger partial charge in [0.25, 0.3) is 0 Å². The van der Waals surface area contributed by atoms with Crippen molar-refractivity contribution in [3.05, 3.63) is 52.7 Å². The van der Waals surface area contributed by atoms with Gasteiger partial charge >= 0.3 is 5.97 Å². The lowest BCUT2D eigenvalue weighted by Gasteiger charge is -2.24. The monoisotopic (exact) mass is 289 g/mol. The number of hydrogen-bond donors (Lipinski definition) is 2. The Labute approximate surface area is 123 Å². The van der Waals surface area contributed by atoms with Crippen LogP contribution in [0, 0.1) is 0 Å². The summed E-state index contributed by atoms with van der Waals surface area (Å²) in [5.74, 6) is 0.335.